The molecule has 1 unspecified atom stereocenters. The van der Waals surface area contributed by atoms with Crippen molar-refractivity contribution in [2.45, 2.75) is 11.1 Å². The topological polar surface area (TPSA) is 77.1 Å². The highest BCUT2D eigenvalue weighted by Crippen LogP contribution is 2.24. The number of para-hydroxylation sites is 1. The van der Waals surface area contributed by atoms with E-state index in [1.54, 1.807) is 6.07 Å². The standard InChI is InChI=1S/C13H12N2O2S/c14-6-10-5-9-3-1-2-4-12(9)15-13(10)18-8-11(17)7-16/h1-5,11,16-17H,7-8H2. The number of nitriles is 1. The lowest BCUT2D eigenvalue weighted by Crippen LogP contribution is -2.14. The molecule has 0 amide bonds. The summed E-state index contributed by atoms with van der Waals surface area (Å²) < 4.78 is 0. The van der Waals surface area contributed by atoms with Gasteiger partial charge in [-0.25, -0.2) is 4.98 Å². The highest BCUT2D eigenvalue weighted by atomic mass is 32.2. The van der Waals surface area contributed by atoms with Crippen LogP contribution in [0.15, 0.2) is 35.4 Å². The zero-order chi connectivity index (χ0) is 13.0. The number of pyridine rings is 1. The quantitative estimate of drug-likeness (QED) is 0.816. The van der Waals surface area contributed by atoms with Gasteiger partial charge in [0, 0.05) is 11.1 Å². The molecule has 0 bridgehead atoms. The first-order valence-corrected chi connectivity index (χ1v) is 6.44. The van der Waals surface area contributed by atoms with Gasteiger partial charge in [0.05, 0.1) is 23.8 Å². The number of hydrogen-bond donors (Lipinski definition) is 2. The first-order valence-electron chi connectivity index (χ1n) is 5.46. The second-order valence-electron chi connectivity index (χ2n) is 3.79. The van der Waals surface area contributed by atoms with Crippen molar-refractivity contribution in [3.63, 3.8) is 0 Å². The molecule has 0 spiro atoms. The van der Waals surface area contributed by atoms with E-state index in [9.17, 15) is 5.11 Å². The predicted molar refractivity (Wildman–Crippen MR) is 70.3 cm³/mol. The summed E-state index contributed by atoms with van der Waals surface area (Å²) in [5.41, 5.74) is 1.31. The van der Waals surface area contributed by atoms with Crippen LogP contribution < -0.4 is 0 Å². The molecule has 0 aliphatic carbocycles. The third kappa shape index (κ3) is 2.79. The Morgan fingerprint density at radius 1 is 1.39 bits per heavy atom. The SMILES string of the molecule is N#Cc1cc2ccccc2nc1SCC(O)CO. The molecule has 5 heteroatoms. The first-order chi connectivity index (χ1) is 8.74. The van der Waals surface area contributed by atoms with Crippen molar-refractivity contribution in [3.05, 3.63) is 35.9 Å². The van der Waals surface area contributed by atoms with Crippen LogP contribution >= 0.6 is 11.8 Å². The van der Waals surface area contributed by atoms with Crippen LogP contribution in [0.2, 0.25) is 0 Å². The van der Waals surface area contributed by atoms with Crippen LogP contribution in [0.3, 0.4) is 0 Å². The summed E-state index contributed by atoms with van der Waals surface area (Å²) in [5, 5.41) is 28.7. The fourth-order valence-electron chi connectivity index (χ4n) is 1.52. The lowest BCUT2D eigenvalue weighted by molar-refractivity contribution is 0.113. The fourth-order valence-corrected chi connectivity index (χ4v) is 2.39. The monoisotopic (exact) mass is 260 g/mol. The number of aromatic nitrogens is 1. The maximum absolute atomic E-state index is 9.31. The third-order valence-corrected chi connectivity index (χ3v) is 3.57. The second kappa shape index (κ2) is 5.83. The molecule has 1 atom stereocenters. The molecule has 0 saturated heterocycles. The molecule has 0 radical (unpaired) electrons. The number of rotatable bonds is 4. The van der Waals surface area contributed by atoms with Crippen molar-refractivity contribution in [1.29, 1.82) is 5.26 Å². The number of benzene rings is 1. The molecule has 1 heterocycles. The average molecular weight is 260 g/mol. The van der Waals surface area contributed by atoms with Gasteiger partial charge in [0.25, 0.3) is 0 Å². The molecule has 18 heavy (non-hydrogen) atoms. The Hall–Kier alpha value is -1.61. The zero-order valence-corrected chi connectivity index (χ0v) is 10.4. The summed E-state index contributed by atoms with van der Waals surface area (Å²) in [4.78, 5) is 4.40. The Kier molecular flexibility index (Phi) is 4.15. The van der Waals surface area contributed by atoms with Crippen LogP contribution in [0.5, 0.6) is 0 Å². The van der Waals surface area contributed by atoms with Crippen LogP contribution in [0.25, 0.3) is 10.9 Å². The van der Waals surface area contributed by atoms with E-state index in [0.29, 0.717) is 16.3 Å². The summed E-state index contributed by atoms with van der Waals surface area (Å²) in [5.74, 6) is 0.316. The lowest BCUT2D eigenvalue weighted by Gasteiger charge is -2.08. The van der Waals surface area contributed by atoms with Crippen molar-refractivity contribution in [1.82, 2.24) is 4.98 Å². The van der Waals surface area contributed by atoms with Crippen LogP contribution in [0, 0.1) is 11.3 Å². The highest BCUT2D eigenvalue weighted by Gasteiger charge is 2.10. The van der Waals surface area contributed by atoms with Crippen molar-refractivity contribution in [3.8, 4) is 6.07 Å². The maximum Gasteiger partial charge on any atom is 0.115 e. The van der Waals surface area contributed by atoms with Crippen LogP contribution in [-0.2, 0) is 0 Å². The minimum atomic E-state index is -0.796. The number of aliphatic hydroxyl groups is 2. The van der Waals surface area contributed by atoms with Crippen molar-refractivity contribution in [2.75, 3.05) is 12.4 Å². The summed E-state index contributed by atoms with van der Waals surface area (Å²) in [6, 6.07) is 11.5. The fraction of sp³-hybridized carbons (Fsp3) is 0.231. The predicted octanol–water partition coefficient (Wildman–Crippen LogP) is 1.55. The average Bonchev–Trinajstić information content (AvgIpc) is 2.43. The molecule has 4 nitrogen and oxygen atoms in total. The van der Waals surface area contributed by atoms with Crippen molar-refractivity contribution >= 4 is 22.7 Å². The number of thioether (sulfide) groups is 1. The molecule has 2 aromatic rings. The summed E-state index contributed by atoms with van der Waals surface area (Å²) in [6.45, 7) is -0.289. The van der Waals surface area contributed by atoms with Gasteiger partial charge in [0.1, 0.15) is 11.1 Å². The molecular formula is C13H12N2O2S. The molecule has 1 aromatic carbocycles. The smallest absolute Gasteiger partial charge is 0.115 e. The summed E-state index contributed by atoms with van der Waals surface area (Å²) in [6.07, 6.45) is -0.796. The van der Waals surface area contributed by atoms with Crippen LogP contribution in [-0.4, -0.2) is 33.7 Å². The highest BCUT2D eigenvalue weighted by molar-refractivity contribution is 7.99. The Bertz CT molecular complexity index is 595. The van der Waals surface area contributed by atoms with E-state index in [2.05, 4.69) is 11.1 Å². The minimum absolute atomic E-state index is 0.289. The van der Waals surface area contributed by atoms with E-state index in [-0.39, 0.29) is 6.61 Å². The van der Waals surface area contributed by atoms with Gasteiger partial charge in [-0.3, -0.25) is 0 Å². The molecule has 0 aliphatic heterocycles. The molecule has 1 aromatic heterocycles. The van der Waals surface area contributed by atoms with Gasteiger partial charge in [-0.05, 0) is 12.1 Å². The molecule has 0 saturated carbocycles. The first kappa shape index (κ1) is 12.8. The van der Waals surface area contributed by atoms with Gasteiger partial charge < -0.3 is 10.2 Å². The Morgan fingerprint density at radius 2 is 2.17 bits per heavy atom. The Morgan fingerprint density at radius 3 is 2.89 bits per heavy atom. The van der Waals surface area contributed by atoms with E-state index in [1.807, 2.05) is 24.3 Å². The molecule has 2 rings (SSSR count). The van der Waals surface area contributed by atoms with Gasteiger partial charge in [-0.2, -0.15) is 5.26 Å². The molecule has 0 aliphatic rings. The molecule has 2 N–H and O–H groups in total. The van der Waals surface area contributed by atoms with Gasteiger partial charge in [-0.1, -0.05) is 18.2 Å². The number of nitrogens with zero attached hydrogens (tertiary/aromatic N) is 2. The largest absolute Gasteiger partial charge is 0.394 e. The molecular weight excluding hydrogens is 248 g/mol. The second-order valence-corrected chi connectivity index (χ2v) is 4.80. The maximum atomic E-state index is 9.31. The third-order valence-electron chi connectivity index (χ3n) is 2.43. The van der Waals surface area contributed by atoms with Crippen LogP contribution in [0.1, 0.15) is 5.56 Å². The Balaban J connectivity index is 2.34. The van der Waals surface area contributed by atoms with Gasteiger partial charge >= 0.3 is 0 Å². The normalized spacial score (nSPS) is 12.3. The minimum Gasteiger partial charge on any atom is -0.394 e. The van der Waals surface area contributed by atoms with E-state index >= 15 is 0 Å². The molecule has 92 valence electrons. The number of fused-ring (bicyclic) bond motifs is 1. The van der Waals surface area contributed by atoms with E-state index in [0.717, 1.165) is 10.9 Å². The molecule has 0 fully saturated rings. The van der Waals surface area contributed by atoms with Crippen molar-refractivity contribution in [2.24, 2.45) is 0 Å². The van der Waals surface area contributed by atoms with E-state index < -0.39 is 6.10 Å². The lowest BCUT2D eigenvalue weighted by atomic mass is 10.2. The number of hydrogen-bond acceptors (Lipinski definition) is 5. The van der Waals surface area contributed by atoms with E-state index in [4.69, 9.17) is 10.4 Å². The Labute approximate surface area is 109 Å². The summed E-state index contributed by atoms with van der Waals surface area (Å²) >= 11 is 1.28. The number of aliphatic hydroxyl groups excluding tert-OH is 2. The van der Waals surface area contributed by atoms with Gasteiger partial charge in [0.2, 0.25) is 0 Å². The zero-order valence-electron chi connectivity index (χ0n) is 9.58. The van der Waals surface area contributed by atoms with Gasteiger partial charge in [0.15, 0.2) is 0 Å². The van der Waals surface area contributed by atoms with E-state index in [1.165, 1.54) is 11.8 Å². The van der Waals surface area contributed by atoms with Crippen LogP contribution in [0.4, 0.5) is 0 Å². The van der Waals surface area contributed by atoms with Gasteiger partial charge in [-0.15, -0.1) is 11.8 Å². The summed E-state index contributed by atoms with van der Waals surface area (Å²) in [7, 11) is 0. The van der Waals surface area contributed by atoms with Crippen molar-refractivity contribution < 1.29 is 10.2 Å².